The van der Waals surface area contributed by atoms with E-state index in [1.807, 2.05) is 18.2 Å². The second-order valence-electron chi connectivity index (χ2n) is 3.43. The van der Waals surface area contributed by atoms with E-state index >= 15 is 0 Å². The van der Waals surface area contributed by atoms with Crippen LogP contribution in [-0.2, 0) is 9.53 Å². The number of methoxy groups -OCH3 is 1. The minimum Gasteiger partial charge on any atom is -0.479 e. The van der Waals surface area contributed by atoms with Gasteiger partial charge in [-0.2, -0.15) is 4.98 Å². The van der Waals surface area contributed by atoms with Gasteiger partial charge in [0.2, 0.25) is 0 Å². The van der Waals surface area contributed by atoms with E-state index in [1.54, 1.807) is 6.07 Å². The number of nitrogens with one attached hydrogen (secondary N) is 1. The maximum absolute atomic E-state index is 10.7. The highest BCUT2D eigenvalue weighted by Gasteiger charge is 2.16. The number of carboxylic acid groups (broad SMARTS) is 1. The summed E-state index contributed by atoms with van der Waals surface area (Å²) in [6.45, 7) is 0.0959. The molecule has 1 aromatic carbocycles. The summed E-state index contributed by atoms with van der Waals surface area (Å²) in [5, 5.41) is 11.6. The third kappa shape index (κ3) is 2.54. The summed E-state index contributed by atoms with van der Waals surface area (Å²) in [4.78, 5) is 14.9. The molecular weight excluding hydrogens is 224 g/mol. The Morgan fingerprint density at radius 3 is 3.00 bits per heavy atom. The van der Waals surface area contributed by atoms with Crippen LogP contribution in [0.15, 0.2) is 28.7 Å². The van der Waals surface area contributed by atoms with Crippen LogP contribution in [0.25, 0.3) is 11.1 Å². The van der Waals surface area contributed by atoms with Crippen molar-refractivity contribution in [3.8, 4) is 0 Å². The molecule has 0 amide bonds. The molecular formula is C11H12N2O4. The molecule has 6 nitrogen and oxygen atoms in total. The lowest BCUT2D eigenvalue weighted by Gasteiger charge is -2.09. The third-order valence-corrected chi connectivity index (χ3v) is 2.29. The first-order valence-electron chi connectivity index (χ1n) is 5.05. The van der Waals surface area contributed by atoms with Gasteiger partial charge in [-0.15, -0.1) is 0 Å². The van der Waals surface area contributed by atoms with Crippen LogP contribution in [0.3, 0.4) is 0 Å². The number of aromatic nitrogens is 1. The Morgan fingerprint density at radius 2 is 2.35 bits per heavy atom. The van der Waals surface area contributed by atoms with Crippen molar-refractivity contribution in [1.82, 2.24) is 4.98 Å². The van der Waals surface area contributed by atoms with E-state index in [0.29, 0.717) is 5.58 Å². The zero-order valence-electron chi connectivity index (χ0n) is 9.21. The second kappa shape index (κ2) is 4.84. The summed E-state index contributed by atoms with van der Waals surface area (Å²) in [6, 6.07) is 7.58. The zero-order valence-corrected chi connectivity index (χ0v) is 9.21. The number of nitrogens with zero attached hydrogens (tertiary/aromatic N) is 1. The first-order valence-corrected chi connectivity index (χ1v) is 5.05. The standard InChI is InChI=1S/C11H12N2O4/c1-16-9(10(14)15)6-12-11-13-7-4-2-3-5-8(7)17-11/h2-5,9H,6H2,1H3,(H,12,13)(H,14,15). The average molecular weight is 236 g/mol. The number of hydrogen-bond acceptors (Lipinski definition) is 5. The molecule has 0 saturated carbocycles. The predicted molar refractivity (Wildman–Crippen MR) is 60.9 cm³/mol. The van der Waals surface area contributed by atoms with Crippen molar-refractivity contribution in [2.75, 3.05) is 19.0 Å². The quantitative estimate of drug-likeness (QED) is 0.814. The Kier molecular flexibility index (Phi) is 3.24. The van der Waals surface area contributed by atoms with Crippen molar-refractivity contribution >= 4 is 23.1 Å². The number of hydrogen-bond donors (Lipinski definition) is 2. The fourth-order valence-corrected chi connectivity index (χ4v) is 1.40. The third-order valence-electron chi connectivity index (χ3n) is 2.29. The van der Waals surface area contributed by atoms with Gasteiger partial charge in [-0.05, 0) is 12.1 Å². The lowest BCUT2D eigenvalue weighted by atomic mass is 10.3. The van der Waals surface area contributed by atoms with Gasteiger partial charge < -0.3 is 19.6 Å². The molecule has 1 heterocycles. The van der Waals surface area contributed by atoms with Crippen molar-refractivity contribution in [3.05, 3.63) is 24.3 Å². The number of carbonyl (C=O) groups is 1. The maximum Gasteiger partial charge on any atom is 0.334 e. The Labute approximate surface area is 97.2 Å². The molecule has 1 unspecified atom stereocenters. The van der Waals surface area contributed by atoms with Gasteiger partial charge in [0.1, 0.15) is 5.52 Å². The summed E-state index contributed by atoms with van der Waals surface area (Å²) in [7, 11) is 1.34. The number of carboxylic acids is 1. The summed E-state index contributed by atoms with van der Waals surface area (Å²) in [5.41, 5.74) is 1.37. The summed E-state index contributed by atoms with van der Waals surface area (Å²) in [5.74, 6) is -1.03. The molecule has 0 spiro atoms. The number of anilines is 1. The van der Waals surface area contributed by atoms with Crippen molar-refractivity contribution < 1.29 is 19.1 Å². The number of rotatable bonds is 5. The molecule has 17 heavy (non-hydrogen) atoms. The lowest BCUT2D eigenvalue weighted by molar-refractivity contribution is -0.147. The highest BCUT2D eigenvalue weighted by Crippen LogP contribution is 2.17. The van der Waals surface area contributed by atoms with Crippen LogP contribution in [0, 0.1) is 0 Å². The van der Waals surface area contributed by atoms with Crippen molar-refractivity contribution in [2.45, 2.75) is 6.10 Å². The second-order valence-corrected chi connectivity index (χ2v) is 3.43. The van der Waals surface area contributed by atoms with Crippen LogP contribution in [0.5, 0.6) is 0 Å². The number of ether oxygens (including phenoxy) is 1. The van der Waals surface area contributed by atoms with E-state index in [0.717, 1.165) is 5.52 Å². The average Bonchev–Trinajstić information content (AvgIpc) is 2.71. The van der Waals surface area contributed by atoms with E-state index in [1.165, 1.54) is 7.11 Å². The molecule has 1 aromatic heterocycles. The van der Waals surface area contributed by atoms with Crippen molar-refractivity contribution in [3.63, 3.8) is 0 Å². The van der Waals surface area contributed by atoms with Gasteiger partial charge in [0.05, 0.1) is 6.54 Å². The molecule has 0 bridgehead atoms. The van der Waals surface area contributed by atoms with Crippen LogP contribution in [0.4, 0.5) is 6.01 Å². The van der Waals surface area contributed by atoms with E-state index < -0.39 is 12.1 Å². The molecule has 0 aliphatic carbocycles. The highest BCUT2D eigenvalue weighted by molar-refractivity contribution is 5.75. The largest absolute Gasteiger partial charge is 0.479 e. The Bertz CT molecular complexity index is 490. The SMILES string of the molecule is COC(CNc1nc2ccccc2o1)C(=O)O. The fraction of sp³-hybridized carbons (Fsp3) is 0.273. The predicted octanol–water partition coefficient (Wildman–Crippen LogP) is 1.34. The number of benzene rings is 1. The first kappa shape index (κ1) is 11.4. The molecule has 0 fully saturated rings. The topological polar surface area (TPSA) is 84.6 Å². The molecule has 0 saturated heterocycles. The van der Waals surface area contributed by atoms with Gasteiger partial charge in [0, 0.05) is 7.11 Å². The van der Waals surface area contributed by atoms with E-state index in [2.05, 4.69) is 10.3 Å². The van der Waals surface area contributed by atoms with Crippen molar-refractivity contribution in [1.29, 1.82) is 0 Å². The molecule has 0 aliphatic heterocycles. The normalized spacial score (nSPS) is 12.5. The number of oxazole rings is 1. The molecule has 1 atom stereocenters. The Hall–Kier alpha value is -2.08. The maximum atomic E-state index is 10.7. The number of aliphatic carboxylic acids is 1. The monoisotopic (exact) mass is 236 g/mol. The van der Waals surface area contributed by atoms with Crippen molar-refractivity contribution in [2.24, 2.45) is 0 Å². The fourth-order valence-electron chi connectivity index (χ4n) is 1.40. The smallest absolute Gasteiger partial charge is 0.334 e. The van der Waals surface area contributed by atoms with Crippen LogP contribution in [0.1, 0.15) is 0 Å². The van der Waals surface area contributed by atoms with Gasteiger partial charge in [-0.25, -0.2) is 4.79 Å². The zero-order chi connectivity index (χ0) is 12.3. The van der Waals surface area contributed by atoms with Gasteiger partial charge >= 0.3 is 5.97 Å². The van der Waals surface area contributed by atoms with E-state index in [-0.39, 0.29) is 12.6 Å². The Balaban J connectivity index is 2.06. The first-order chi connectivity index (χ1) is 8.20. The van der Waals surface area contributed by atoms with Gasteiger partial charge in [-0.3, -0.25) is 0 Å². The van der Waals surface area contributed by atoms with Crippen LogP contribution >= 0.6 is 0 Å². The molecule has 2 aromatic rings. The molecule has 2 N–H and O–H groups in total. The summed E-state index contributed by atoms with van der Waals surface area (Å²) >= 11 is 0. The van der Waals surface area contributed by atoms with Crippen LogP contribution < -0.4 is 5.32 Å². The van der Waals surface area contributed by atoms with E-state index in [9.17, 15) is 4.79 Å². The van der Waals surface area contributed by atoms with Gasteiger partial charge in [-0.1, -0.05) is 12.1 Å². The van der Waals surface area contributed by atoms with Crippen LogP contribution in [0.2, 0.25) is 0 Å². The summed E-state index contributed by atoms with van der Waals surface area (Å²) in [6.07, 6.45) is -0.926. The van der Waals surface area contributed by atoms with Gasteiger partial charge in [0.25, 0.3) is 6.01 Å². The molecule has 90 valence electrons. The molecule has 0 radical (unpaired) electrons. The van der Waals surface area contributed by atoms with Gasteiger partial charge in [0.15, 0.2) is 11.7 Å². The van der Waals surface area contributed by atoms with E-state index in [4.69, 9.17) is 14.3 Å². The number of fused-ring (bicyclic) bond motifs is 1. The summed E-state index contributed by atoms with van der Waals surface area (Å²) < 4.78 is 10.1. The minimum atomic E-state index is -1.03. The molecule has 6 heteroatoms. The Morgan fingerprint density at radius 1 is 1.59 bits per heavy atom. The number of para-hydroxylation sites is 2. The lowest BCUT2D eigenvalue weighted by Crippen LogP contribution is -2.30. The van der Waals surface area contributed by atoms with Crippen LogP contribution in [-0.4, -0.2) is 35.8 Å². The molecule has 0 aliphatic rings. The minimum absolute atomic E-state index is 0.0959. The molecule has 2 rings (SSSR count). The highest BCUT2D eigenvalue weighted by atomic mass is 16.5.